The molecule has 1 atom stereocenters. The van der Waals surface area contributed by atoms with Crippen molar-refractivity contribution in [3.8, 4) is 0 Å². The minimum atomic E-state index is -0.745. The van der Waals surface area contributed by atoms with Crippen molar-refractivity contribution in [2.24, 2.45) is 16.3 Å². The molecule has 0 aromatic rings. The van der Waals surface area contributed by atoms with Gasteiger partial charge in [-0.3, -0.25) is 4.79 Å². The van der Waals surface area contributed by atoms with Gasteiger partial charge in [-0.05, 0) is 45.7 Å². The largest absolute Gasteiger partial charge is 0.409 e. The molecule has 2 rings (SSSR count). The Hall–Kier alpha value is -1.30. The number of amides is 1. The molecule has 1 aliphatic heterocycles. The standard InChI is InChI=1S/C13H24N4O2/c1-10(9-17-7-3-2-4-8-17)15-12(18)13(5-6-13)11(14)16-19/h10,19H,2-9H2,1H3,(H2,14,16)(H,15,18). The molecule has 0 bridgehead atoms. The molecule has 108 valence electrons. The van der Waals surface area contributed by atoms with Crippen molar-refractivity contribution in [2.45, 2.75) is 45.1 Å². The van der Waals surface area contributed by atoms with Gasteiger partial charge in [0.05, 0.1) is 0 Å². The summed E-state index contributed by atoms with van der Waals surface area (Å²) in [5.74, 6) is -0.0671. The van der Waals surface area contributed by atoms with Gasteiger partial charge in [0.1, 0.15) is 5.41 Å². The minimum absolute atomic E-state index is 0.0372. The maximum atomic E-state index is 12.2. The number of carbonyl (C=O) groups excluding carboxylic acids is 1. The normalized spacial score (nSPS) is 24.8. The van der Waals surface area contributed by atoms with Crippen LogP contribution in [-0.2, 0) is 4.79 Å². The number of piperidine rings is 1. The minimum Gasteiger partial charge on any atom is -0.409 e. The summed E-state index contributed by atoms with van der Waals surface area (Å²) < 4.78 is 0. The lowest BCUT2D eigenvalue weighted by Gasteiger charge is -2.30. The van der Waals surface area contributed by atoms with Gasteiger partial charge in [-0.2, -0.15) is 0 Å². The van der Waals surface area contributed by atoms with Crippen LogP contribution in [0.1, 0.15) is 39.0 Å². The van der Waals surface area contributed by atoms with E-state index in [2.05, 4.69) is 15.4 Å². The van der Waals surface area contributed by atoms with E-state index in [4.69, 9.17) is 10.9 Å². The number of nitrogens with two attached hydrogens (primary N) is 1. The maximum Gasteiger partial charge on any atom is 0.234 e. The molecule has 1 unspecified atom stereocenters. The van der Waals surface area contributed by atoms with Gasteiger partial charge in [-0.25, -0.2) is 0 Å². The number of oxime groups is 1. The van der Waals surface area contributed by atoms with Crippen molar-refractivity contribution in [1.29, 1.82) is 0 Å². The predicted molar refractivity (Wildman–Crippen MR) is 73.0 cm³/mol. The number of amidine groups is 1. The van der Waals surface area contributed by atoms with Crippen molar-refractivity contribution >= 4 is 11.7 Å². The summed E-state index contributed by atoms with van der Waals surface area (Å²) in [5.41, 5.74) is 4.86. The number of nitrogens with one attached hydrogen (secondary N) is 1. The molecule has 4 N–H and O–H groups in total. The Labute approximate surface area is 114 Å². The molecule has 1 saturated heterocycles. The molecule has 1 heterocycles. The molecule has 6 nitrogen and oxygen atoms in total. The number of rotatable bonds is 5. The van der Waals surface area contributed by atoms with Crippen molar-refractivity contribution < 1.29 is 10.0 Å². The molecular weight excluding hydrogens is 244 g/mol. The molecule has 1 aliphatic carbocycles. The molecule has 19 heavy (non-hydrogen) atoms. The summed E-state index contributed by atoms with van der Waals surface area (Å²) in [6.45, 7) is 5.12. The number of likely N-dealkylation sites (tertiary alicyclic amines) is 1. The summed E-state index contributed by atoms with van der Waals surface area (Å²) in [6, 6.07) is 0.0922. The lowest BCUT2D eigenvalue weighted by Crippen LogP contribution is -2.48. The maximum absolute atomic E-state index is 12.2. The Bertz CT molecular complexity index is 360. The van der Waals surface area contributed by atoms with Gasteiger partial charge in [-0.1, -0.05) is 11.6 Å². The summed E-state index contributed by atoms with van der Waals surface area (Å²) in [5, 5.41) is 14.7. The third-order valence-corrected chi connectivity index (χ3v) is 4.14. The van der Waals surface area contributed by atoms with Crippen LogP contribution in [-0.4, -0.2) is 47.5 Å². The Balaban J connectivity index is 1.82. The lowest BCUT2D eigenvalue weighted by molar-refractivity contribution is -0.124. The van der Waals surface area contributed by atoms with Crippen molar-refractivity contribution in [3.05, 3.63) is 0 Å². The topological polar surface area (TPSA) is 91.0 Å². The lowest BCUT2D eigenvalue weighted by atomic mass is 10.0. The van der Waals surface area contributed by atoms with Gasteiger partial charge in [0.15, 0.2) is 5.84 Å². The first-order chi connectivity index (χ1) is 9.08. The highest BCUT2D eigenvalue weighted by atomic mass is 16.4. The van der Waals surface area contributed by atoms with E-state index >= 15 is 0 Å². The Kier molecular flexibility index (Phi) is 4.29. The molecule has 1 amide bonds. The van der Waals surface area contributed by atoms with E-state index in [0.717, 1.165) is 19.6 Å². The first kappa shape index (κ1) is 14.1. The highest BCUT2D eigenvalue weighted by Crippen LogP contribution is 2.46. The number of nitrogens with zero attached hydrogens (tertiary/aromatic N) is 2. The van der Waals surface area contributed by atoms with E-state index in [-0.39, 0.29) is 17.8 Å². The van der Waals surface area contributed by atoms with Gasteiger partial charge in [-0.15, -0.1) is 0 Å². The fourth-order valence-electron chi connectivity index (χ4n) is 2.76. The van der Waals surface area contributed by atoms with Crippen LogP contribution in [0.5, 0.6) is 0 Å². The third kappa shape index (κ3) is 3.18. The zero-order valence-corrected chi connectivity index (χ0v) is 11.6. The fourth-order valence-corrected chi connectivity index (χ4v) is 2.76. The van der Waals surface area contributed by atoms with Gasteiger partial charge in [0.25, 0.3) is 0 Å². The first-order valence-corrected chi connectivity index (χ1v) is 7.10. The van der Waals surface area contributed by atoms with Crippen LogP contribution in [0.2, 0.25) is 0 Å². The number of carbonyl (C=O) groups is 1. The van der Waals surface area contributed by atoms with Crippen LogP contribution in [0.15, 0.2) is 5.16 Å². The number of hydrogen-bond donors (Lipinski definition) is 3. The average molecular weight is 268 g/mol. The fraction of sp³-hybridized carbons (Fsp3) is 0.846. The summed E-state index contributed by atoms with van der Waals surface area (Å²) >= 11 is 0. The van der Waals surface area contributed by atoms with Crippen LogP contribution >= 0.6 is 0 Å². The zero-order chi connectivity index (χ0) is 13.9. The first-order valence-electron chi connectivity index (χ1n) is 7.10. The van der Waals surface area contributed by atoms with Crippen molar-refractivity contribution in [3.63, 3.8) is 0 Å². The predicted octanol–water partition coefficient (Wildman–Crippen LogP) is 0.504. The molecule has 2 fully saturated rings. The van der Waals surface area contributed by atoms with Gasteiger partial charge < -0.3 is 21.2 Å². The molecule has 0 spiro atoms. The molecule has 0 aromatic carbocycles. The van der Waals surface area contributed by atoms with E-state index in [1.807, 2.05) is 6.92 Å². The SMILES string of the molecule is CC(CN1CCCCC1)NC(=O)C1(C(N)=NO)CC1. The molecule has 1 saturated carbocycles. The van der Waals surface area contributed by atoms with E-state index < -0.39 is 5.41 Å². The van der Waals surface area contributed by atoms with Gasteiger partial charge in [0.2, 0.25) is 5.91 Å². The molecule has 6 heteroatoms. The molecule has 0 radical (unpaired) electrons. The second-order valence-electron chi connectivity index (χ2n) is 5.80. The molecular formula is C13H24N4O2. The second kappa shape index (κ2) is 5.77. The highest BCUT2D eigenvalue weighted by Gasteiger charge is 2.54. The van der Waals surface area contributed by atoms with Crippen molar-refractivity contribution in [2.75, 3.05) is 19.6 Å². The van der Waals surface area contributed by atoms with Crippen LogP contribution in [0.4, 0.5) is 0 Å². The Morgan fingerprint density at radius 3 is 2.58 bits per heavy atom. The Morgan fingerprint density at radius 1 is 1.42 bits per heavy atom. The quantitative estimate of drug-likeness (QED) is 0.293. The molecule has 0 aromatic heterocycles. The second-order valence-corrected chi connectivity index (χ2v) is 5.80. The van der Waals surface area contributed by atoms with Crippen molar-refractivity contribution in [1.82, 2.24) is 10.2 Å². The van der Waals surface area contributed by atoms with E-state index in [9.17, 15) is 4.79 Å². The Morgan fingerprint density at radius 2 is 2.05 bits per heavy atom. The van der Waals surface area contributed by atoms with Crippen LogP contribution < -0.4 is 11.1 Å². The summed E-state index contributed by atoms with van der Waals surface area (Å²) in [6.07, 6.45) is 5.14. The van der Waals surface area contributed by atoms with E-state index in [0.29, 0.717) is 12.8 Å². The van der Waals surface area contributed by atoms with E-state index in [1.165, 1.54) is 19.3 Å². The monoisotopic (exact) mass is 268 g/mol. The van der Waals surface area contributed by atoms with Crippen LogP contribution in [0.3, 0.4) is 0 Å². The summed E-state index contributed by atoms with van der Waals surface area (Å²) in [4.78, 5) is 14.6. The van der Waals surface area contributed by atoms with Crippen LogP contribution in [0.25, 0.3) is 0 Å². The van der Waals surface area contributed by atoms with E-state index in [1.54, 1.807) is 0 Å². The third-order valence-electron chi connectivity index (χ3n) is 4.14. The zero-order valence-electron chi connectivity index (χ0n) is 11.6. The average Bonchev–Trinajstić information content (AvgIpc) is 3.20. The summed E-state index contributed by atoms with van der Waals surface area (Å²) in [7, 11) is 0. The number of hydrogen-bond acceptors (Lipinski definition) is 4. The smallest absolute Gasteiger partial charge is 0.234 e. The van der Waals surface area contributed by atoms with Crippen LogP contribution in [0, 0.1) is 5.41 Å². The highest BCUT2D eigenvalue weighted by molar-refractivity contribution is 6.09. The van der Waals surface area contributed by atoms with Gasteiger partial charge >= 0.3 is 0 Å². The van der Waals surface area contributed by atoms with Gasteiger partial charge in [0, 0.05) is 12.6 Å². The molecule has 2 aliphatic rings.